The molecule has 0 amide bonds. The molecule has 2 rings (SSSR count). The first-order valence-corrected chi connectivity index (χ1v) is 8.75. The smallest absolute Gasteiger partial charge is 0.0797 e. The van der Waals surface area contributed by atoms with Gasteiger partial charge in [0.1, 0.15) is 0 Å². The van der Waals surface area contributed by atoms with Crippen LogP contribution in [0.1, 0.15) is 66.2 Å². The molecular formula is C19H31ClO. The number of aliphatic hydroxyl groups is 1. The number of rotatable bonds is 4. The van der Waals surface area contributed by atoms with Gasteiger partial charge < -0.3 is 5.11 Å². The summed E-state index contributed by atoms with van der Waals surface area (Å²) in [6.45, 7) is 12.7. The molecule has 120 valence electrons. The predicted octanol–water partition coefficient (Wildman–Crippen LogP) is 5.68. The van der Waals surface area contributed by atoms with Crippen LogP contribution < -0.4 is 0 Å². The van der Waals surface area contributed by atoms with Gasteiger partial charge in [0.05, 0.1) is 5.60 Å². The summed E-state index contributed by atoms with van der Waals surface area (Å²) in [5, 5.41) is 11.3. The van der Waals surface area contributed by atoms with Gasteiger partial charge in [-0.3, -0.25) is 0 Å². The number of hydrogen-bond acceptors (Lipinski definition) is 1. The molecule has 2 aliphatic rings. The molecule has 1 N–H and O–H groups in total. The lowest BCUT2D eigenvalue weighted by molar-refractivity contribution is -0.0338. The molecule has 0 aromatic heterocycles. The largest absolute Gasteiger partial charge is 0.386 e. The Labute approximate surface area is 135 Å². The summed E-state index contributed by atoms with van der Waals surface area (Å²) in [6, 6.07) is 0. The van der Waals surface area contributed by atoms with E-state index in [1.165, 1.54) is 19.3 Å². The second kappa shape index (κ2) is 5.74. The fourth-order valence-electron chi connectivity index (χ4n) is 4.64. The Hall–Kier alpha value is -0.270. The molecule has 1 nitrogen and oxygen atoms in total. The van der Waals surface area contributed by atoms with Gasteiger partial charge in [0.15, 0.2) is 0 Å². The molecule has 0 saturated heterocycles. The van der Waals surface area contributed by atoms with Gasteiger partial charge in [-0.05, 0) is 49.9 Å². The van der Waals surface area contributed by atoms with Crippen molar-refractivity contribution in [2.24, 2.45) is 22.7 Å². The maximum atomic E-state index is 10.3. The van der Waals surface area contributed by atoms with E-state index in [-0.39, 0.29) is 5.41 Å². The molecule has 5 unspecified atom stereocenters. The molecule has 0 radical (unpaired) electrons. The first kappa shape index (κ1) is 17.1. The SMILES string of the molecule is C=CC(C)(O)CCC1(C)C(Cl)=CCC2(C)C(C)CCCC12. The molecular weight excluding hydrogens is 280 g/mol. The highest BCUT2D eigenvalue weighted by atomic mass is 35.5. The van der Waals surface area contributed by atoms with Gasteiger partial charge in [-0.15, -0.1) is 6.58 Å². The van der Waals surface area contributed by atoms with E-state index in [9.17, 15) is 5.11 Å². The number of fused-ring (bicyclic) bond motifs is 1. The summed E-state index contributed by atoms with van der Waals surface area (Å²) < 4.78 is 0. The van der Waals surface area contributed by atoms with Crippen molar-refractivity contribution < 1.29 is 5.11 Å². The van der Waals surface area contributed by atoms with E-state index < -0.39 is 5.60 Å². The second-order valence-corrected chi connectivity index (χ2v) is 8.53. The zero-order chi connectivity index (χ0) is 15.9. The zero-order valence-electron chi connectivity index (χ0n) is 14.1. The van der Waals surface area contributed by atoms with Gasteiger partial charge in [-0.1, -0.05) is 57.4 Å². The molecule has 0 heterocycles. The fraction of sp³-hybridized carbons (Fsp3) is 0.789. The van der Waals surface area contributed by atoms with Crippen molar-refractivity contribution in [1.82, 2.24) is 0 Å². The van der Waals surface area contributed by atoms with Crippen molar-refractivity contribution in [3.05, 3.63) is 23.8 Å². The van der Waals surface area contributed by atoms with Crippen LogP contribution in [-0.2, 0) is 0 Å². The van der Waals surface area contributed by atoms with Crippen LogP contribution in [0.15, 0.2) is 23.8 Å². The minimum Gasteiger partial charge on any atom is -0.386 e. The maximum absolute atomic E-state index is 10.3. The van der Waals surface area contributed by atoms with Crippen molar-refractivity contribution in [3.8, 4) is 0 Å². The Morgan fingerprint density at radius 1 is 1.48 bits per heavy atom. The topological polar surface area (TPSA) is 20.2 Å². The molecule has 5 atom stereocenters. The van der Waals surface area contributed by atoms with Crippen LogP contribution in [0.3, 0.4) is 0 Å². The van der Waals surface area contributed by atoms with Crippen LogP contribution in [-0.4, -0.2) is 10.7 Å². The van der Waals surface area contributed by atoms with E-state index >= 15 is 0 Å². The highest BCUT2D eigenvalue weighted by Crippen LogP contribution is 2.62. The summed E-state index contributed by atoms with van der Waals surface area (Å²) in [6.07, 6.45) is 10.6. The van der Waals surface area contributed by atoms with Gasteiger partial charge in [0.2, 0.25) is 0 Å². The average Bonchev–Trinajstić information content (AvgIpc) is 2.44. The van der Waals surface area contributed by atoms with E-state index in [0.29, 0.717) is 11.3 Å². The summed E-state index contributed by atoms with van der Waals surface area (Å²) in [7, 11) is 0. The maximum Gasteiger partial charge on any atom is 0.0797 e. The minimum absolute atomic E-state index is 0.00373. The van der Waals surface area contributed by atoms with Crippen molar-refractivity contribution in [1.29, 1.82) is 0 Å². The summed E-state index contributed by atoms with van der Waals surface area (Å²) in [4.78, 5) is 0. The van der Waals surface area contributed by atoms with Crippen LogP contribution in [0.25, 0.3) is 0 Å². The molecule has 21 heavy (non-hydrogen) atoms. The summed E-state index contributed by atoms with van der Waals surface area (Å²) in [5.74, 6) is 1.36. The van der Waals surface area contributed by atoms with Crippen LogP contribution in [0.5, 0.6) is 0 Å². The lowest BCUT2D eigenvalue weighted by atomic mass is 9.49. The monoisotopic (exact) mass is 310 g/mol. The van der Waals surface area contributed by atoms with Crippen molar-refractivity contribution >= 4 is 11.6 Å². The molecule has 2 heteroatoms. The standard InChI is InChI=1S/C19H31ClO/c1-6-17(3,21)12-13-19(5)15-9-7-8-14(2)18(15,4)11-10-16(19)20/h6,10,14-15,21H,1,7-9,11-13H2,2-5H3. The highest BCUT2D eigenvalue weighted by Gasteiger charge is 2.53. The number of hydrogen-bond donors (Lipinski definition) is 1. The number of halogens is 1. The van der Waals surface area contributed by atoms with E-state index in [1.54, 1.807) is 6.08 Å². The van der Waals surface area contributed by atoms with Gasteiger partial charge in [0.25, 0.3) is 0 Å². The van der Waals surface area contributed by atoms with Crippen molar-refractivity contribution in [2.45, 2.75) is 71.8 Å². The average molecular weight is 311 g/mol. The van der Waals surface area contributed by atoms with Crippen molar-refractivity contribution in [3.63, 3.8) is 0 Å². The van der Waals surface area contributed by atoms with Crippen LogP contribution in [0.2, 0.25) is 0 Å². The van der Waals surface area contributed by atoms with Gasteiger partial charge in [0, 0.05) is 10.4 Å². The zero-order valence-corrected chi connectivity index (χ0v) is 14.8. The third-order valence-electron chi connectivity index (χ3n) is 6.68. The normalized spacial score (nSPS) is 42.7. The Morgan fingerprint density at radius 2 is 2.14 bits per heavy atom. The van der Waals surface area contributed by atoms with Gasteiger partial charge in [-0.2, -0.15) is 0 Å². The third-order valence-corrected chi connectivity index (χ3v) is 7.26. The van der Waals surface area contributed by atoms with Gasteiger partial charge in [-0.25, -0.2) is 0 Å². The molecule has 1 fully saturated rings. The molecule has 2 aliphatic carbocycles. The highest BCUT2D eigenvalue weighted by molar-refractivity contribution is 6.30. The lowest BCUT2D eigenvalue weighted by Crippen LogP contribution is -2.49. The van der Waals surface area contributed by atoms with E-state index in [1.807, 2.05) is 6.92 Å². The molecule has 0 spiro atoms. The number of allylic oxidation sites excluding steroid dienone is 2. The molecule has 0 aliphatic heterocycles. The first-order valence-electron chi connectivity index (χ1n) is 8.38. The second-order valence-electron chi connectivity index (χ2n) is 8.13. The lowest BCUT2D eigenvalue weighted by Gasteiger charge is -2.56. The first-order chi connectivity index (χ1) is 9.66. The van der Waals surface area contributed by atoms with E-state index in [2.05, 4.69) is 33.4 Å². The van der Waals surface area contributed by atoms with E-state index in [4.69, 9.17) is 11.6 Å². The molecule has 0 bridgehead atoms. The molecule has 0 aromatic carbocycles. The van der Waals surface area contributed by atoms with Crippen LogP contribution in [0, 0.1) is 22.7 Å². The quantitative estimate of drug-likeness (QED) is 0.662. The summed E-state index contributed by atoms with van der Waals surface area (Å²) in [5.41, 5.74) is -0.448. The third kappa shape index (κ3) is 2.97. The van der Waals surface area contributed by atoms with Crippen molar-refractivity contribution in [2.75, 3.05) is 0 Å². The van der Waals surface area contributed by atoms with Crippen LogP contribution in [0.4, 0.5) is 0 Å². The Bertz CT molecular complexity index is 439. The Morgan fingerprint density at radius 3 is 2.76 bits per heavy atom. The Kier molecular flexibility index (Phi) is 4.67. The minimum atomic E-state index is -0.797. The molecule has 1 saturated carbocycles. The summed E-state index contributed by atoms with van der Waals surface area (Å²) >= 11 is 6.68. The van der Waals surface area contributed by atoms with Gasteiger partial charge >= 0.3 is 0 Å². The predicted molar refractivity (Wildman–Crippen MR) is 91.3 cm³/mol. The van der Waals surface area contributed by atoms with E-state index in [0.717, 1.165) is 30.2 Å². The fourth-order valence-corrected chi connectivity index (χ4v) is 4.94. The molecule has 0 aromatic rings. The van der Waals surface area contributed by atoms with Crippen LogP contribution >= 0.6 is 11.6 Å². The Balaban J connectivity index is 2.29.